The molecule has 54 heavy (non-hydrogen) atoms. The van der Waals surface area contributed by atoms with Crippen LogP contribution >= 0.6 is 11.6 Å². The van der Waals surface area contributed by atoms with E-state index in [0.717, 1.165) is 83.4 Å². The Hall–Kier alpha value is -5.31. The van der Waals surface area contributed by atoms with Crippen molar-refractivity contribution in [2.75, 3.05) is 45.7 Å². The van der Waals surface area contributed by atoms with Crippen LogP contribution in [0.2, 0.25) is 5.02 Å². The number of nitrogens with zero attached hydrogens (tertiary/aromatic N) is 6. The summed E-state index contributed by atoms with van der Waals surface area (Å²) in [5.74, 6) is 0.977. The van der Waals surface area contributed by atoms with Crippen LogP contribution < -0.4 is 31.9 Å². The number of carbonyl (C=O) groups excluding carboxylic acids is 1. The number of amides is 2. The van der Waals surface area contributed by atoms with Gasteiger partial charge in [-0.1, -0.05) is 41.9 Å². The van der Waals surface area contributed by atoms with Gasteiger partial charge in [0.05, 0.1) is 24.4 Å². The number of aliphatic hydroxyl groups excluding tert-OH is 1. The molecule has 1 fully saturated rings. The Morgan fingerprint density at radius 3 is 2.54 bits per heavy atom. The summed E-state index contributed by atoms with van der Waals surface area (Å²) in [6.07, 6.45) is 6.33. The second kappa shape index (κ2) is 16.8. The first kappa shape index (κ1) is 38.4. The number of hydrogen-bond donors (Lipinski definition) is 4. The average Bonchev–Trinajstić information content (AvgIpc) is 3.66. The number of hydrogen-bond acceptors (Lipinski definition) is 10. The first-order valence-electron chi connectivity index (χ1n) is 18.0. The number of aryl methyl sites for hydroxylation is 2. The first-order chi connectivity index (χ1) is 26.1. The molecule has 284 valence electrons. The normalized spacial score (nSPS) is 15.1. The van der Waals surface area contributed by atoms with E-state index in [0.29, 0.717) is 23.3 Å². The summed E-state index contributed by atoms with van der Waals surface area (Å²) in [4.78, 5) is 51.8. The van der Waals surface area contributed by atoms with Gasteiger partial charge >= 0.3 is 11.7 Å². The van der Waals surface area contributed by atoms with E-state index in [-0.39, 0.29) is 29.7 Å². The topological polar surface area (TPSA) is 169 Å². The van der Waals surface area contributed by atoms with Crippen molar-refractivity contribution >= 4 is 40.2 Å². The molecule has 3 aromatic heterocycles. The number of methoxy groups -OCH3 is 1. The highest BCUT2D eigenvalue weighted by atomic mass is 35.5. The minimum atomic E-state index is -0.469. The van der Waals surface area contributed by atoms with Crippen LogP contribution in [0.3, 0.4) is 0 Å². The summed E-state index contributed by atoms with van der Waals surface area (Å²) in [7, 11) is 6.57. The van der Waals surface area contributed by atoms with E-state index >= 15 is 0 Å². The highest BCUT2D eigenvalue weighted by Crippen LogP contribution is 2.41. The van der Waals surface area contributed by atoms with E-state index in [2.05, 4.69) is 32.0 Å². The number of aliphatic hydroxyl groups is 1. The van der Waals surface area contributed by atoms with Gasteiger partial charge in [-0.15, -0.1) is 0 Å². The summed E-state index contributed by atoms with van der Waals surface area (Å²) in [6.45, 7) is 4.12. The minimum Gasteiger partial charge on any atom is -0.481 e. The summed E-state index contributed by atoms with van der Waals surface area (Å²) in [6, 6.07) is 14.1. The van der Waals surface area contributed by atoms with Gasteiger partial charge in [0.2, 0.25) is 5.88 Å². The fourth-order valence-electron chi connectivity index (χ4n) is 7.09. The predicted molar refractivity (Wildman–Crippen MR) is 211 cm³/mol. The molecule has 4 heterocycles. The van der Waals surface area contributed by atoms with Gasteiger partial charge in [0.15, 0.2) is 5.65 Å². The number of pyridine rings is 1. The van der Waals surface area contributed by atoms with Crippen LogP contribution in [0.5, 0.6) is 5.88 Å². The molecule has 1 unspecified atom stereocenters. The van der Waals surface area contributed by atoms with E-state index in [1.165, 1.54) is 29.1 Å². The van der Waals surface area contributed by atoms with Crippen molar-refractivity contribution in [3.8, 4) is 28.3 Å². The third kappa shape index (κ3) is 7.68. The van der Waals surface area contributed by atoms with E-state index in [4.69, 9.17) is 26.4 Å². The highest BCUT2D eigenvalue weighted by molar-refractivity contribution is 6.36. The molecule has 0 bridgehead atoms. The standard InChI is InChI=1S/C30H27ClN6O3.C9H19N3O2/c1-16-18(20-11-6-12-21(25(20)31)23-14-17-8-5-10-19(17)28(35-23)40-4)9-7-13-22(16)34-26-24-27(33-15-32-26)36(2)30(39)37(3)29(24)38;1-10-4-2-8-3-5-12(6-7-13)9(14)11-8/h6-7,9,11-15H,5,8,10H2,1-4H3,(H,32,33,34);8,10,13H,2-7H2,1H3,(H,11,14). The van der Waals surface area contributed by atoms with Gasteiger partial charge in [-0.05, 0) is 81.4 Å². The number of fused-ring (bicyclic) bond motifs is 2. The van der Waals surface area contributed by atoms with Crippen LogP contribution in [0.15, 0.2) is 58.4 Å². The average molecular weight is 756 g/mol. The van der Waals surface area contributed by atoms with Crippen LogP contribution in [-0.2, 0) is 26.9 Å². The molecule has 15 heteroatoms. The SMILES string of the molecule is CNCCC1CCN(CCO)C(=O)N1.COc1nc(-c2cccc(-c3cccc(Nc4ncnc5c4c(=O)n(C)c(=O)n5C)c3C)c2Cl)cc2c1CCC2. The molecule has 2 aromatic carbocycles. The van der Waals surface area contributed by atoms with E-state index in [1.807, 2.05) is 50.4 Å². The number of halogens is 1. The van der Waals surface area contributed by atoms with Crippen molar-refractivity contribution in [3.63, 3.8) is 0 Å². The van der Waals surface area contributed by atoms with Crippen LogP contribution in [0, 0.1) is 6.92 Å². The fourth-order valence-corrected chi connectivity index (χ4v) is 7.42. The molecule has 7 rings (SSSR count). The van der Waals surface area contributed by atoms with Crippen molar-refractivity contribution in [2.24, 2.45) is 14.1 Å². The third-order valence-electron chi connectivity index (χ3n) is 10.1. The second-order valence-electron chi connectivity index (χ2n) is 13.4. The summed E-state index contributed by atoms with van der Waals surface area (Å²) in [5, 5.41) is 18.8. The molecule has 4 N–H and O–H groups in total. The zero-order chi connectivity index (χ0) is 38.5. The minimum absolute atomic E-state index is 0.0363. The van der Waals surface area contributed by atoms with Crippen molar-refractivity contribution in [3.05, 3.63) is 91.3 Å². The maximum Gasteiger partial charge on any atom is 0.332 e. The third-order valence-corrected chi connectivity index (χ3v) is 10.5. The Labute approximate surface area is 318 Å². The Morgan fingerprint density at radius 2 is 1.80 bits per heavy atom. The van der Waals surface area contributed by atoms with E-state index in [1.54, 1.807) is 19.1 Å². The highest BCUT2D eigenvalue weighted by Gasteiger charge is 2.24. The van der Waals surface area contributed by atoms with Gasteiger partial charge in [0.1, 0.15) is 17.5 Å². The second-order valence-corrected chi connectivity index (χ2v) is 13.8. The molecule has 14 nitrogen and oxygen atoms in total. The van der Waals surface area contributed by atoms with Crippen LogP contribution in [0.25, 0.3) is 33.4 Å². The lowest BCUT2D eigenvalue weighted by Gasteiger charge is -2.32. The number of urea groups is 1. The van der Waals surface area contributed by atoms with Gasteiger partial charge in [-0.3, -0.25) is 13.9 Å². The molecule has 1 atom stereocenters. The Bertz CT molecular complexity index is 2310. The lowest BCUT2D eigenvalue weighted by molar-refractivity contribution is 0.154. The number of carbonyl (C=O) groups is 1. The fraction of sp³-hybridized carbons (Fsp3) is 0.385. The number of aromatic nitrogens is 5. The van der Waals surface area contributed by atoms with Gasteiger partial charge in [-0.25, -0.2) is 24.5 Å². The molecule has 1 aliphatic carbocycles. The predicted octanol–water partition coefficient (Wildman–Crippen LogP) is 4.33. The summed E-state index contributed by atoms with van der Waals surface area (Å²) in [5.41, 5.74) is 6.81. The summed E-state index contributed by atoms with van der Waals surface area (Å²) >= 11 is 7.06. The number of β-amino-alcohol motifs (C(OH)–C–C–N with tert-alkyl or cyclic N) is 1. The van der Waals surface area contributed by atoms with Crippen molar-refractivity contribution in [2.45, 2.75) is 45.1 Å². The molecule has 2 aliphatic rings. The van der Waals surface area contributed by atoms with Crippen molar-refractivity contribution in [1.82, 2.24) is 39.6 Å². The Balaban J connectivity index is 0.000000300. The smallest absolute Gasteiger partial charge is 0.332 e. The first-order valence-corrected chi connectivity index (χ1v) is 18.4. The number of benzene rings is 2. The quantitative estimate of drug-likeness (QED) is 0.161. The van der Waals surface area contributed by atoms with E-state index in [9.17, 15) is 14.4 Å². The monoisotopic (exact) mass is 755 g/mol. The number of rotatable bonds is 10. The van der Waals surface area contributed by atoms with Gasteiger partial charge in [0.25, 0.3) is 5.56 Å². The van der Waals surface area contributed by atoms with E-state index < -0.39 is 11.2 Å². The molecule has 0 radical (unpaired) electrons. The maximum atomic E-state index is 13.0. The Morgan fingerprint density at radius 1 is 1.04 bits per heavy atom. The molecule has 0 spiro atoms. The van der Waals surface area contributed by atoms with Gasteiger partial charge < -0.3 is 30.7 Å². The lowest BCUT2D eigenvalue weighted by Crippen LogP contribution is -2.52. The number of nitrogens with one attached hydrogen (secondary N) is 3. The molecule has 2 amide bonds. The number of ether oxygens (including phenoxy) is 1. The van der Waals surface area contributed by atoms with Crippen molar-refractivity contribution < 1.29 is 14.6 Å². The van der Waals surface area contributed by atoms with Crippen LogP contribution in [0.4, 0.5) is 16.3 Å². The lowest BCUT2D eigenvalue weighted by atomic mass is 9.96. The maximum absolute atomic E-state index is 13.0. The molecule has 1 aliphatic heterocycles. The number of anilines is 2. The largest absolute Gasteiger partial charge is 0.481 e. The molecule has 0 saturated carbocycles. The zero-order valence-corrected chi connectivity index (χ0v) is 32.0. The molecular weight excluding hydrogens is 710 g/mol. The molecular formula is C39H46ClN9O5. The van der Waals surface area contributed by atoms with Crippen LogP contribution in [0.1, 0.15) is 36.0 Å². The summed E-state index contributed by atoms with van der Waals surface area (Å²) < 4.78 is 7.99. The zero-order valence-electron chi connectivity index (χ0n) is 31.2. The van der Waals surface area contributed by atoms with Crippen LogP contribution in [-0.4, -0.2) is 86.6 Å². The molecule has 1 saturated heterocycles. The van der Waals surface area contributed by atoms with Gasteiger partial charge in [-0.2, -0.15) is 0 Å². The van der Waals surface area contributed by atoms with Crippen molar-refractivity contribution in [1.29, 1.82) is 0 Å². The molecule has 5 aromatic rings. The van der Waals surface area contributed by atoms with Gasteiger partial charge in [0, 0.05) is 55.6 Å². The Kier molecular flexibility index (Phi) is 11.9.